The van der Waals surface area contributed by atoms with Gasteiger partial charge in [-0.05, 0) is 12.5 Å². The Morgan fingerprint density at radius 1 is 1.50 bits per heavy atom. The van der Waals surface area contributed by atoms with Crippen molar-refractivity contribution < 1.29 is 14.9 Å². The SMILES string of the molecule is CCN=C1N[C@@H]2[C@@H](O)[C@H](O)C(CN=[N+]=[N-])O[C@@H]2S1. The molecule has 0 aromatic rings. The van der Waals surface area contributed by atoms with Crippen LogP contribution in [0.4, 0.5) is 0 Å². The summed E-state index contributed by atoms with van der Waals surface area (Å²) in [6.45, 7) is 2.54. The van der Waals surface area contributed by atoms with Gasteiger partial charge in [0, 0.05) is 11.5 Å². The Morgan fingerprint density at radius 2 is 2.28 bits per heavy atom. The summed E-state index contributed by atoms with van der Waals surface area (Å²) in [5.74, 6) is 0. The fourth-order valence-corrected chi connectivity index (χ4v) is 3.17. The van der Waals surface area contributed by atoms with Gasteiger partial charge in [0.05, 0.1) is 18.7 Å². The lowest BCUT2D eigenvalue weighted by Crippen LogP contribution is -2.59. The second kappa shape index (κ2) is 5.77. The van der Waals surface area contributed by atoms with Crippen molar-refractivity contribution in [1.29, 1.82) is 0 Å². The van der Waals surface area contributed by atoms with Gasteiger partial charge in [-0.1, -0.05) is 16.9 Å². The highest BCUT2D eigenvalue weighted by atomic mass is 32.2. The lowest BCUT2D eigenvalue weighted by molar-refractivity contribution is -0.151. The predicted molar refractivity (Wildman–Crippen MR) is 67.2 cm³/mol. The third-order valence-corrected chi connectivity index (χ3v) is 3.95. The summed E-state index contributed by atoms with van der Waals surface area (Å²) in [6, 6.07) is -0.391. The standard InChI is InChI=1S/C9H15N5O3S/c1-2-11-9-13-5-7(16)6(15)4(3-12-14-10)17-8(5)18-9/h4-8,15-16H,2-3H2,1H3,(H,11,13)/t4?,5-,6-,7-,8-/m1/s1. The Labute approximate surface area is 108 Å². The van der Waals surface area contributed by atoms with Crippen LogP contribution in [-0.4, -0.2) is 58.3 Å². The molecule has 2 aliphatic heterocycles. The average Bonchev–Trinajstić information content (AvgIpc) is 2.75. The Balaban J connectivity index is 2.08. The van der Waals surface area contributed by atoms with Crippen LogP contribution in [0.3, 0.4) is 0 Å². The Hall–Kier alpha value is -0.990. The zero-order valence-corrected chi connectivity index (χ0v) is 10.6. The molecule has 3 N–H and O–H groups in total. The van der Waals surface area contributed by atoms with E-state index in [1.165, 1.54) is 11.8 Å². The van der Waals surface area contributed by atoms with Gasteiger partial charge in [-0.25, -0.2) is 0 Å². The number of thioether (sulfide) groups is 1. The number of aliphatic hydroxyl groups excluding tert-OH is 2. The topological polar surface area (TPSA) is 123 Å². The molecule has 0 saturated carbocycles. The number of hydrogen-bond acceptors (Lipinski definition) is 6. The van der Waals surface area contributed by atoms with Crippen molar-refractivity contribution in [2.24, 2.45) is 10.1 Å². The van der Waals surface area contributed by atoms with E-state index in [9.17, 15) is 10.2 Å². The smallest absolute Gasteiger partial charge is 0.159 e. The summed E-state index contributed by atoms with van der Waals surface area (Å²) in [5.41, 5.74) is 7.94. The minimum absolute atomic E-state index is 0.00123. The lowest BCUT2D eigenvalue weighted by Gasteiger charge is -2.38. The summed E-state index contributed by atoms with van der Waals surface area (Å²) >= 11 is 1.37. The lowest BCUT2D eigenvalue weighted by atomic mass is 9.98. The van der Waals surface area contributed by atoms with Crippen LogP contribution in [0, 0.1) is 0 Å². The summed E-state index contributed by atoms with van der Waals surface area (Å²) in [4.78, 5) is 6.83. The van der Waals surface area contributed by atoms with Gasteiger partial charge < -0.3 is 20.3 Å². The molecule has 0 aromatic heterocycles. The number of azide groups is 1. The van der Waals surface area contributed by atoms with Gasteiger partial charge in [0.25, 0.3) is 0 Å². The molecule has 2 heterocycles. The fraction of sp³-hybridized carbons (Fsp3) is 0.889. The number of aliphatic imine (C=N–C) groups is 1. The van der Waals surface area contributed by atoms with Crippen molar-refractivity contribution in [3.05, 3.63) is 10.4 Å². The van der Waals surface area contributed by atoms with Gasteiger partial charge in [0.2, 0.25) is 0 Å². The quantitative estimate of drug-likeness (QED) is 0.374. The molecule has 100 valence electrons. The molecule has 0 amide bonds. The number of rotatable bonds is 3. The number of nitrogens with one attached hydrogen (secondary N) is 1. The molecule has 0 spiro atoms. The molecule has 8 nitrogen and oxygen atoms in total. The second-order valence-electron chi connectivity index (χ2n) is 4.01. The van der Waals surface area contributed by atoms with Crippen molar-refractivity contribution in [1.82, 2.24) is 5.32 Å². The highest BCUT2D eigenvalue weighted by Crippen LogP contribution is 2.33. The van der Waals surface area contributed by atoms with Crippen molar-refractivity contribution in [2.75, 3.05) is 13.1 Å². The maximum Gasteiger partial charge on any atom is 0.159 e. The van der Waals surface area contributed by atoms with E-state index in [-0.39, 0.29) is 12.0 Å². The molecule has 9 heteroatoms. The summed E-state index contributed by atoms with van der Waals surface area (Å²) < 4.78 is 5.62. The number of amidine groups is 1. The van der Waals surface area contributed by atoms with Gasteiger partial charge in [0.15, 0.2) is 5.17 Å². The summed E-state index contributed by atoms with van der Waals surface area (Å²) in [7, 11) is 0. The molecule has 0 aliphatic carbocycles. The molecule has 5 atom stereocenters. The third kappa shape index (κ3) is 2.55. The van der Waals surface area contributed by atoms with Crippen LogP contribution in [0.2, 0.25) is 0 Å². The zero-order valence-electron chi connectivity index (χ0n) is 9.80. The number of fused-ring (bicyclic) bond motifs is 1. The Bertz CT molecular complexity index is 386. The van der Waals surface area contributed by atoms with Crippen LogP contribution < -0.4 is 5.32 Å². The van der Waals surface area contributed by atoms with E-state index in [4.69, 9.17) is 10.3 Å². The second-order valence-corrected chi connectivity index (χ2v) is 5.09. The van der Waals surface area contributed by atoms with E-state index >= 15 is 0 Å². The van der Waals surface area contributed by atoms with Crippen LogP contribution >= 0.6 is 11.8 Å². The monoisotopic (exact) mass is 273 g/mol. The van der Waals surface area contributed by atoms with Gasteiger partial charge in [-0.3, -0.25) is 4.99 Å². The molecule has 18 heavy (non-hydrogen) atoms. The van der Waals surface area contributed by atoms with Crippen LogP contribution in [-0.2, 0) is 4.74 Å². The zero-order chi connectivity index (χ0) is 13.1. The normalized spacial score (nSPS) is 41.1. The molecule has 0 bridgehead atoms. The molecule has 1 unspecified atom stereocenters. The number of hydrogen-bond donors (Lipinski definition) is 3. The minimum atomic E-state index is -1.08. The first-order chi connectivity index (χ1) is 8.67. The van der Waals surface area contributed by atoms with E-state index in [2.05, 4.69) is 20.3 Å². The number of nitrogens with zero attached hydrogens (tertiary/aromatic N) is 4. The largest absolute Gasteiger partial charge is 0.388 e. The molecule has 0 radical (unpaired) electrons. The maximum atomic E-state index is 10.0. The van der Waals surface area contributed by atoms with E-state index in [0.29, 0.717) is 11.7 Å². The van der Waals surface area contributed by atoms with Gasteiger partial charge >= 0.3 is 0 Å². The van der Waals surface area contributed by atoms with E-state index in [1.807, 2.05) is 6.92 Å². The molecule has 2 saturated heterocycles. The first kappa shape index (κ1) is 13.4. The van der Waals surface area contributed by atoms with Crippen LogP contribution in [0.1, 0.15) is 6.92 Å². The molecule has 2 aliphatic rings. The molecule has 0 aromatic carbocycles. The first-order valence-electron chi connectivity index (χ1n) is 5.67. The van der Waals surface area contributed by atoms with Crippen molar-refractivity contribution in [2.45, 2.75) is 36.7 Å². The molecule has 2 rings (SSSR count). The van der Waals surface area contributed by atoms with Crippen LogP contribution in [0.25, 0.3) is 10.4 Å². The third-order valence-electron chi connectivity index (χ3n) is 2.85. The highest BCUT2D eigenvalue weighted by molar-refractivity contribution is 8.14. The van der Waals surface area contributed by atoms with Crippen molar-refractivity contribution in [3.8, 4) is 0 Å². The molecular weight excluding hydrogens is 258 g/mol. The van der Waals surface area contributed by atoms with Crippen LogP contribution in [0.15, 0.2) is 10.1 Å². The van der Waals surface area contributed by atoms with Gasteiger partial charge in [0.1, 0.15) is 17.6 Å². The van der Waals surface area contributed by atoms with E-state index in [1.54, 1.807) is 0 Å². The fourth-order valence-electron chi connectivity index (χ4n) is 1.97. The number of ether oxygens (including phenoxy) is 1. The minimum Gasteiger partial charge on any atom is -0.388 e. The average molecular weight is 273 g/mol. The van der Waals surface area contributed by atoms with E-state index < -0.39 is 24.4 Å². The summed E-state index contributed by atoms with van der Waals surface area (Å²) in [6.07, 6.45) is -2.74. The van der Waals surface area contributed by atoms with Crippen molar-refractivity contribution in [3.63, 3.8) is 0 Å². The van der Waals surface area contributed by atoms with Crippen molar-refractivity contribution >= 4 is 16.9 Å². The Morgan fingerprint density at radius 3 is 2.94 bits per heavy atom. The van der Waals surface area contributed by atoms with Gasteiger partial charge in [-0.15, -0.1) is 0 Å². The van der Waals surface area contributed by atoms with E-state index in [0.717, 1.165) is 0 Å². The number of aliphatic hydroxyl groups is 2. The molecule has 2 fully saturated rings. The summed E-state index contributed by atoms with van der Waals surface area (Å²) in [5, 5.41) is 27.0. The van der Waals surface area contributed by atoms with Crippen LogP contribution in [0.5, 0.6) is 0 Å². The highest BCUT2D eigenvalue weighted by Gasteiger charge is 2.48. The van der Waals surface area contributed by atoms with Gasteiger partial charge in [-0.2, -0.15) is 0 Å². The molecular formula is C9H15N5O3S. The predicted octanol–water partition coefficient (Wildman–Crippen LogP) is -0.176. The Kier molecular flexibility index (Phi) is 4.31. The maximum absolute atomic E-state index is 10.0. The first-order valence-corrected chi connectivity index (χ1v) is 6.55.